The standard InChI is InChI=1S/C12H18FNO2/c1-12(8-15,9-16)7-14-6-10-2-4-11(13)5-3-10/h2-5,14-16H,6-9H2,1H3. The lowest BCUT2D eigenvalue weighted by Gasteiger charge is -2.24. The molecule has 0 amide bonds. The van der Waals surface area contributed by atoms with Crippen molar-refractivity contribution >= 4 is 0 Å². The lowest BCUT2D eigenvalue weighted by atomic mass is 9.93. The predicted molar refractivity (Wildman–Crippen MR) is 60.4 cm³/mol. The summed E-state index contributed by atoms with van der Waals surface area (Å²) in [5.41, 5.74) is 0.458. The molecule has 0 aliphatic heterocycles. The molecule has 1 aromatic carbocycles. The number of rotatable bonds is 6. The fourth-order valence-corrected chi connectivity index (χ4v) is 1.27. The summed E-state index contributed by atoms with van der Waals surface area (Å²) in [5.74, 6) is -0.251. The molecule has 0 aliphatic carbocycles. The Morgan fingerprint density at radius 2 is 1.75 bits per heavy atom. The normalized spacial score (nSPS) is 11.8. The highest BCUT2D eigenvalue weighted by Gasteiger charge is 2.21. The maximum atomic E-state index is 12.6. The van der Waals surface area contributed by atoms with Crippen molar-refractivity contribution in [1.29, 1.82) is 0 Å². The summed E-state index contributed by atoms with van der Waals surface area (Å²) in [7, 11) is 0. The van der Waals surface area contributed by atoms with E-state index in [9.17, 15) is 4.39 Å². The van der Waals surface area contributed by atoms with Crippen LogP contribution >= 0.6 is 0 Å². The zero-order valence-electron chi connectivity index (χ0n) is 9.41. The molecule has 0 heterocycles. The zero-order valence-corrected chi connectivity index (χ0v) is 9.41. The number of nitrogens with one attached hydrogen (secondary N) is 1. The first-order chi connectivity index (χ1) is 7.59. The van der Waals surface area contributed by atoms with E-state index in [1.54, 1.807) is 19.1 Å². The van der Waals surface area contributed by atoms with Gasteiger partial charge in [0.05, 0.1) is 13.2 Å². The van der Waals surface area contributed by atoms with E-state index in [1.165, 1.54) is 12.1 Å². The highest BCUT2D eigenvalue weighted by molar-refractivity contribution is 5.15. The van der Waals surface area contributed by atoms with E-state index in [4.69, 9.17) is 10.2 Å². The molecule has 0 saturated carbocycles. The Morgan fingerprint density at radius 3 is 2.25 bits per heavy atom. The van der Waals surface area contributed by atoms with Gasteiger partial charge in [0.15, 0.2) is 0 Å². The fourth-order valence-electron chi connectivity index (χ4n) is 1.27. The van der Waals surface area contributed by atoms with Crippen LogP contribution in [0.15, 0.2) is 24.3 Å². The third kappa shape index (κ3) is 3.89. The van der Waals surface area contributed by atoms with Crippen LogP contribution in [-0.4, -0.2) is 30.0 Å². The maximum absolute atomic E-state index is 12.6. The van der Waals surface area contributed by atoms with Crippen LogP contribution in [-0.2, 0) is 6.54 Å². The largest absolute Gasteiger partial charge is 0.396 e. The topological polar surface area (TPSA) is 52.5 Å². The van der Waals surface area contributed by atoms with E-state index in [1.807, 2.05) is 0 Å². The smallest absolute Gasteiger partial charge is 0.123 e. The van der Waals surface area contributed by atoms with E-state index in [0.717, 1.165) is 5.56 Å². The number of benzene rings is 1. The Balaban J connectivity index is 2.38. The molecule has 3 N–H and O–H groups in total. The molecule has 0 aromatic heterocycles. The van der Waals surface area contributed by atoms with Crippen molar-refractivity contribution in [1.82, 2.24) is 5.32 Å². The van der Waals surface area contributed by atoms with Gasteiger partial charge in [-0.05, 0) is 17.7 Å². The molecule has 16 heavy (non-hydrogen) atoms. The molecule has 0 saturated heterocycles. The Hall–Kier alpha value is -0.970. The summed E-state index contributed by atoms with van der Waals surface area (Å²) in [6, 6.07) is 6.23. The Labute approximate surface area is 94.9 Å². The maximum Gasteiger partial charge on any atom is 0.123 e. The van der Waals surface area contributed by atoms with Crippen LogP contribution in [0.2, 0.25) is 0 Å². The van der Waals surface area contributed by atoms with Crippen LogP contribution in [0, 0.1) is 11.2 Å². The molecule has 4 heteroatoms. The van der Waals surface area contributed by atoms with Gasteiger partial charge in [0.1, 0.15) is 5.82 Å². The second kappa shape index (κ2) is 5.94. The molecule has 0 unspecified atom stereocenters. The molecule has 0 fully saturated rings. The SMILES string of the molecule is CC(CO)(CO)CNCc1ccc(F)cc1. The van der Waals surface area contributed by atoms with Gasteiger partial charge in [0, 0.05) is 18.5 Å². The number of aliphatic hydroxyl groups is 2. The minimum atomic E-state index is -0.514. The van der Waals surface area contributed by atoms with E-state index < -0.39 is 5.41 Å². The van der Waals surface area contributed by atoms with Gasteiger partial charge >= 0.3 is 0 Å². The Kier molecular flexibility index (Phi) is 4.86. The molecule has 0 radical (unpaired) electrons. The van der Waals surface area contributed by atoms with Gasteiger partial charge in [-0.2, -0.15) is 0 Å². The first-order valence-corrected chi connectivity index (χ1v) is 5.26. The molecule has 0 aliphatic rings. The lowest BCUT2D eigenvalue weighted by molar-refractivity contribution is 0.0695. The highest BCUT2D eigenvalue weighted by atomic mass is 19.1. The van der Waals surface area contributed by atoms with E-state index in [0.29, 0.717) is 13.1 Å². The third-order valence-electron chi connectivity index (χ3n) is 2.56. The van der Waals surface area contributed by atoms with Crippen molar-refractivity contribution in [2.24, 2.45) is 5.41 Å². The van der Waals surface area contributed by atoms with Crippen molar-refractivity contribution in [2.75, 3.05) is 19.8 Å². The Bertz CT molecular complexity index is 309. The summed E-state index contributed by atoms with van der Waals surface area (Å²) in [5, 5.41) is 21.3. The van der Waals surface area contributed by atoms with Crippen LogP contribution in [0.1, 0.15) is 12.5 Å². The average Bonchev–Trinajstić information content (AvgIpc) is 2.31. The predicted octanol–water partition coefficient (Wildman–Crippen LogP) is 0.906. The van der Waals surface area contributed by atoms with E-state index >= 15 is 0 Å². The molecule has 1 rings (SSSR count). The van der Waals surface area contributed by atoms with Gasteiger partial charge in [-0.25, -0.2) is 4.39 Å². The quantitative estimate of drug-likeness (QED) is 0.677. The third-order valence-corrected chi connectivity index (χ3v) is 2.56. The van der Waals surface area contributed by atoms with Gasteiger partial charge in [-0.1, -0.05) is 19.1 Å². The average molecular weight is 227 g/mol. The van der Waals surface area contributed by atoms with Crippen molar-refractivity contribution in [3.8, 4) is 0 Å². The fraction of sp³-hybridized carbons (Fsp3) is 0.500. The molecule has 0 atom stereocenters. The van der Waals surface area contributed by atoms with Crippen LogP contribution in [0.5, 0.6) is 0 Å². The Morgan fingerprint density at radius 1 is 1.19 bits per heavy atom. The number of hydrogen-bond donors (Lipinski definition) is 3. The van der Waals surface area contributed by atoms with Gasteiger partial charge in [-0.3, -0.25) is 0 Å². The lowest BCUT2D eigenvalue weighted by Crippen LogP contribution is -2.37. The molecular weight excluding hydrogens is 209 g/mol. The van der Waals surface area contributed by atoms with Crippen molar-refractivity contribution < 1.29 is 14.6 Å². The number of hydrogen-bond acceptors (Lipinski definition) is 3. The highest BCUT2D eigenvalue weighted by Crippen LogP contribution is 2.12. The molecule has 0 bridgehead atoms. The number of aliphatic hydroxyl groups excluding tert-OH is 2. The van der Waals surface area contributed by atoms with E-state index in [2.05, 4.69) is 5.32 Å². The van der Waals surface area contributed by atoms with Gasteiger partial charge in [0.25, 0.3) is 0 Å². The van der Waals surface area contributed by atoms with Gasteiger partial charge in [0.2, 0.25) is 0 Å². The molecule has 90 valence electrons. The summed E-state index contributed by atoms with van der Waals surface area (Å²) in [6.07, 6.45) is 0. The van der Waals surface area contributed by atoms with Crippen molar-refractivity contribution in [2.45, 2.75) is 13.5 Å². The van der Waals surface area contributed by atoms with Gasteiger partial charge in [-0.15, -0.1) is 0 Å². The number of halogens is 1. The van der Waals surface area contributed by atoms with Crippen molar-refractivity contribution in [3.63, 3.8) is 0 Å². The summed E-state index contributed by atoms with van der Waals surface area (Å²) >= 11 is 0. The molecule has 0 spiro atoms. The van der Waals surface area contributed by atoms with Crippen LogP contribution in [0.4, 0.5) is 4.39 Å². The van der Waals surface area contributed by atoms with Crippen LogP contribution < -0.4 is 5.32 Å². The summed E-state index contributed by atoms with van der Waals surface area (Å²) in [6.45, 7) is 2.76. The minimum Gasteiger partial charge on any atom is -0.396 e. The zero-order chi connectivity index (χ0) is 12.0. The van der Waals surface area contributed by atoms with Crippen LogP contribution in [0.25, 0.3) is 0 Å². The van der Waals surface area contributed by atoms with Crippen molar-refractivity contribution in [3.05, 3.63) is 35.6 Å². The molecule has 1 aromatic rings. The van der Waals surface area contributed by atoms with Crippen LogP contribution in [0.3, 0.4) is 0 Å². The second-order valence-corrected chi connectivity index (χ2v) is 4.36. The first kappa shape index (κ1) is 13.1. The second-order valence-electron chi connectivity index (χ2n) is 4.36. The molecule has 3 nitrogen and oxygen atoms in total. The summed E-state index contributed by atoms with van der Waals surface area (Å²) in [4.78, 5) is 0. The summed E-state index contributed by atoms with van der Waals surface area (Å²) < 4.78 is 12.6. The van der Waals surface area contributed by atoms with E-state index in [-0.39, 0.29) is 19.0 Å². The monoisotopic (exact) mass is 227 g/mol. The molecular formula is C12H18FNO2. The minimum absolute atomic E-state index is 0.0695. The van der Waals surface area contributed by atoms with Gasteiger partial charge < -0.3 is 15.5 Å². The first-order valence-electron chi connectivity index (χ1n) is 5.26.